The van der Waals surface area contributed by atoms with Crippen LogP contribution in [0.3, 0.4) is 0 Å². The Labute approximate surface area is 112 Å². The fraction of sp³-hybridized carbons (Fsp3) is 0.214. The molecular formula is C14H16NO3P. The van der Waals surface area contributed by atoms with Gasteiger partial charge in [-0.15, -0.1) is 13.2 Å². The van der Waals surface area contributed by atoms with Crippen LogP contribution in [-0.4, -0.2) is 9.79 Å². The molecular weight excluding hydrogens is 261 g/mol. The predicted octanol–water partition coefficient (Wildman–Crippen LogP) is 3.08. The molecule has 0 spiro atoms. The van der Waals surface area contributed by atoms with Crippen molar-refractivity contribution in [3.8, 4) is 6.07 Å². The molecule has 100 valence electrons. The Morgan fingerprint density at radius 1 is 1.26 bits per heavy atom. The van der Waals surface area contributed by atoms with Crippen LogP contribution in [0, 0.1) is 11.3 Å². The first-order valence-electron chi connectivity index (χ1n) is 5.70. The largest absolute Gasteiger partial charge is 0.336 e. The van der Waals surface area contributed by atoms with E-state index in [1.54, 1.807) is 24.3 Å². The normalized spacial score (nSPS) is 11.6. The molecule has 2 N–H and O–H groups in total. The average Bonchev–Trinajstić information content (AvgIpc) is 2.37. The first-order chi connectivity index (χ1) is 8.93. The van der Waals surface area contributed by atoms with Gasteiger partial charge in [-0.3, -0.25) is 4.57 Å². The third-order valence-electron chi connectivity index (χ3n) is 3.07. The Kier molecular flexibility index (Phi) is 4.85. The lowest BCUT2D eigenvalue weighted by Crippen LogP contribution is -2.26. The average molecular weight is 277 g/mol. The maximum atomic E-state index is 12.0. The van der Waals surface area contributed by atoms with Crippen LogP contribution >= 0.6 is 7.60 Å². The van der Waals surface area contributed by atoms with Crippen LogP contribution in [0.5, 0.6) is 0 Å². The van der Waals surface area contributed by atoms with E-state index in [0.29, 0.717) is 5.56 Å². The molecule has 1 rings (SSSR count). The summed E-state index contributed by atoms with van der Waals surface area (Å²) in [4.78, 5) is 19.5. The molecule has 0 fully saturated rings. The Morgan fingerprint density at radius 2 is 1.79 bits per heavy atom. The molecule has 0 bridgehead atoms. The smallest absolute Gasteiger partial charge is 0.324 e. The van der Waals surface area contributed by atoms with Crippen LogP contribution in [0.1, 0.15) is 24.0 Å². The van der Waals surface area contributed by atoms with Crippen molar-refractivity contribution in [1.82, 2.24) is 0 Å². The summed E-state index contributed by atoms with van der Waals surface area (Å²) in [6.45, 7) is 7.12. The van der Waals surface area contributed by atoms with Crippen LogP contribution < -0.4 is 0 Å². The van der Waals surface area contributed by atoms with Crippen LogP contribution in [-0.2, 0) is 9.72 Å². The summed E-state index contributed by atoms with van der Waals surface area (Å²) in [6.07, 6.45) is 3.05. The Bertz CT molecular complexity index is 558. The molecule has 0 atom stereocenters. The molecule has 0 aliphatic carbocycles. The zero-order chi connectivity index (χ0) is 14.5. The topological polar surface area (TPSA) is 81.3 Å². The fourth-order valence-corrected chi connectivity index (χ4v) is 3.40. The summed E-state index contributed by atoms with van der Waals surface area (Å²) in [7, 11) is -4.50. The molecule has 0 radical (unpaired) electrons. The van der Waals surface area contributed by atoms with Crippen molar-refractivity contribution >= 4 is 7.60 Å². The molecule has 1 aromatic carbocycles. The standard InChI is InChI=1S/C14H16NO3P/c1-3-9-14(10-4-2,19(16,17)18)13-8-6-5-7-12(13)11-15/h3-8H,1-2,9-10H2,(H2,16,17,18). The van der Waals surface area contributed by atoms with Crippen molar-refractivity contribution < 1.29 is 14.4 Å². The van der Waals surface area contributed by atoms with Gasteiger partial charge in [-0.25, -0.2) is 0 Å². The van der Waals surface area contributed by atoms with E-state index in [1.807, 2.05) is 6.07 Å². The van der Waals surface area contributed by atoms with E-state index >= 15 is 0 Å². The van der Waals surface area contributed by atoms with E-state index in [1.165, 1.54) is 12.2 Å². The zero-order valence-corrected chi connectivity index (χ0v) is 11.4. The number of nitrogens with zero attached hydrogens (tertiary/aromatic N) is 1. The highest BCUT2D eigenvalue weighted by atomic mass is 31.2. The first-order valence-corrected chi connectivity index (χ1v) is 7.31. The molecule has 0 aliphatic heterocycles. The quantitative estimate of drug-likeness (QED) is 0.618. The third-order valence-corrected chi connectivity index (χ3v) is 4.79. The zero-order valence-electron chi connectivity index (χ0n) is 10.5. The molecule has 5 heteroatoms. The van der Waals surface area contributed by atoms with Gasteiger partial charge in [-0.05, 0) is 24.5 Å². The van der Waals surface area contributed by atoms with Crippen LogP contribution in [0.25, 0.3) is 0 Å². The highest BCUT2D eigenvalue weighted by Crippen LogP contribution is 2.61. The monoisotopic (exact) mass is 277 g/mol. The summed E-state index contributed by atoms with van der Waals surface area (Å²) >= 11 is 0. The summed E-state index contributed by atoms with van der Waals surface area (Å²) in [5, 5.41) is 7.66. The molecule has 0 unspecified atom stereocenters. The summed E-state index contributed by atoms with van der Waals surface area (Å²) in [5.74, 6) is 0. The van der Waals surface area contributed by atoms with Gasteiger partial charge in [-0.2, -0.15) is 5.26 Å². The van der Waals surface area contributed by atoms with Crippen molar-refractivity contribution in [2.75, 3.05) is 0 Å². The molecule has 0 heterocycles. The van der Waals surface area contributed by atoms with Crippen LogP contribution in [0.15, 0.2) is 49.6 Å². The summed E-state index contributed by atoms with van der Waals surface area (Å²) in [5.41, 5.74) is 0.597. The number of hydrogen-bond donors (Lipinski definition) is 2. The van der Waals surface area contributed by atoms with Crippen LogP contribution in [0.4, 0.5) is 0 Å². The molecule has 0 amide bonds. The Morgan fingerprint density at radius 3 is 2.21 bits per heavy atom. The van der Waals surface area contributed by atoms with E-state index in [9.17, 15) is 14.4 Å². The van der Waals surface area contributed by atoms with Crippen molar-refractivity contribution in [1.29, 1.82) is 5.26 Å². The SMILES string of the molecule is C=CCC(CC=C)(c1ccccc1C#N)P(=O)(O)O. The minimum absolute atomic E-state index is 0.0714. The Hall–Kier alpha value is -1.66. The van der Waals surface area contributed by atoms with Gasteiger partial charge in [0.25, 0.3) is 0 Å². The van der Waals surface area contributed by atoms with Crippen molar-refractivity contribution in [2.24, 2.45) is 0 Å². The van der Waals surface area contributed by atoms with E-state index in [4.69, 9.17) is 5.26 Å². The van der Waals surface area contributed by atoms with Gasteiger partial charge in [0.15, 0.2) is 0 Å². The molecule has 0 aromatic heterocycles. The second-order valence-corrected chi connectivity index (χ2v) is 6.16. The van der Waals surface area contributed by atoms with Gasteiger partial charge >= 0.3 is 7.60 Å². The lowest BCUT2D eigenvalue weighted by molar-refractivity contribution is 0.323. The second-order valence-electron chi connectivity index (χ2n) is 4.22. The van der Waals surface area contributed by atoms with Gasteiger partial charge < -0.3 is 9.79 Å². The van der Waals surface area contributed by atoms with Crippen molar-refractivity contribution in [3.05, 3.63) is 60.7 Å². The van der Waals surface area contributed by atoms with Gasteiger partial charge in [0.2, 0.25) is 0 Å². The molecule has 0 saturated heterocycles. The first kappa shape index (κ1) is 15.4. The maximum Gasteiger partial charge on any atom is 0.336 e. The van der Waals surface area contributed by atoms with E-state index in [0.717, 1.165) is 0 Å². The summed E-state index contributed by atoms with van der Waals surface area (Å²) in [6, 6.07) is 8.42. The minimum atomic E-state index is -4.50. The van der Waals surface area contributed by atoms with Gasteiger partial charge in [0.1, 0.15) is 5.16 Å². The van der Waals surface area contributed by atoms with Gasteiger partial charge in [-0.1, -0.05) is 30.4 Å². The minimum Gasteiger partial charge on any atom is -0.324 e. The lowest BCUT2D eigenvalue weighted by Gasteiger charge is -2.33. The van der Waals surface area contributed by atoms with E-state index in [-0.39, 0.29) is 18.4 Å². The number of benzene rings is 1. The van der Waals surface area contributed by atoms with Crippen LogP contribution in [0.2, 0.25) is 0 Å². The highest BCUT2D eigenvalue weighted by Gasteiger charge is 2.47. The van der Waals surface area contributed by atoms with E-state index < -0.39 is 12.8 Å². The number of allylic oxidation sites excluding steroid dienone is 2. The predicted molar refractivity (Wildman–Crippen MR) is 74.5 cm³/mol. The lowest BCUT2D eigenvalue weighted by atomic mass is 9.88. The molecule has 19 heavy (non-hydrogen) atoms. The van der Waals surface area contributed by atoms with Gasteiger partial charge in [0.05, 0.1) is 11.6 Å². The number of rotatable bonds is 6. The van der Waals surface area contributed by atoms with E-state index in [2.05, 4.69) is 13.2 Å². The Balaban J connectivity index is 3.63. The number of hydrogen-bond acceptors (Lipinski definition) is 2. The van der Waals surface area contributed by atoms with Crippen molar-refractivity contribution in [3.63, 3.8) is 0 Å². The maximum absolute atomic E-state index is 12.0. The molecule has 4 nitrogen and oxygen atoms in total. The molecule has 1 aromatic rings. The third kappa shape index (κ3) is 2.85. The highest BCUT2D eigenvalue weighted by molar-refractivity contribution is 7.53. The van der Waals surface area contributed by atoms with Gasteiger partial charge in [0, 0.05) is 0 Å². The second kappa shape index (κ2) is 5.99. The number of nitriles is 1. The molecule has 0 saturated carbocycles. The fourth-order valence-electron chi connectivity index (χ4n) is 2.16. The summed E-state index contributed by atoms with van der Waals surface area (Å²) < 4.78 is 12.0. The molecule has 0 aliphatic rings. The van der Waals surface area contributed by atoms with Crippen molar-refractivity contribution in [2.45, 2.75) is 18.0 Å².